The molecule has 0 bridgehead atoms. The minimum absolute atomic E-state index is 0.0689. The third kappa shape index (κ3) is 2.22. The van der Waals surface area contributed by atoms with Crippen molar-refractivity contribution in [2.45, 2.75) is 6.92 Å². The van der Waals surface area contributed by atoms with Crippen LogP contribution in [0.3, 0.4) is 0 Å². The summed E-state index contributed by atoms with van der Waals surface area (Å²) in [5.74, 6) is 0.0689. The maximum Gasteiger partial charge on any atom is 0.193 e. The maximum atomic E-state index is 12.2. The van der Waals surface area contributed by atoms with Crippen LogP contribution in [0.1, 0.15) is 21.5 Å². The van der Waals surface area contributed by atoms with Gasteiger partial charge in [0.2, 0.25) is 0 Å². The molecular formula is C14H11BrO. The molecule has 16 heavy (non-hydrogen) atoms. The molecule has 2 heteroatoms. The van der Waals surface area contributed by atoms with Crippen molar-refractivity contribution in [1.82, 2.24) is 0 Å². The summed E-state index contributed by atoms with van der Waals surface area (Å²) in [5.41, 5.74) is 2.48. The highest BCUT2D eigenvalue weighted by molar-refractivity contribution is 9.10. The Morgan fingerprint density at radius 1 is 1.06 bits per heavy atom. The van der Waals surface area contributed by atoms with Crippen LogP contribution in [0, 0.1) is 6.92 Å². The minimum atomic E-state index is 0.0689. The summed E-state index contributed by atoms with van der Waals surface area (Å²) in [4.78, 5) is 12.2. The highest BCUT2D eigenvalue weighted by Crippen LogP contribution is 2.17. The second-order valence-electron chi connectivity index (χ2n) is 3.65. The van der Waals surface area contributed by atoms with E-state index in [1.807, 2.05) is 55.5 Å². The van der Waals surface area contributed by atoms with Gasteiger partial charge in [-0.05, 0) is 24.6 Å². The van der Waals surface area contributed by atoms with E-state index >= 15 is 0 Å². The van der Waals surface area contributed by atoms with Gasteiger partial charge in [0.25, 0.3) is 0 Å². The molecule has 80 valence electrons. The molecule has 0 amide bonds. The highest BCUT2D eigenvalue weighted by Gasteiger charge is 2.10. The molecule has 0 aliphatic carbocycles. The van der Waals surface area contributed by atoms with Crippen LogP contribution in [-0.4, -0.2) is 5.78 Å². The fourth-order valence-electron chi connectivity index (χ4n) is 1.61. The first-order chi connectivity index (χ1) is 7.68. The lowest BCUT2D eigenvalue weighted by Crippen LogP contribution is -2.03. The van der Waals surface area contributed by atoms with Crippen molar-refractivity contribution in [1.29, 1.82) is 0 Å². The summed E-state index contributed by atoms with van der Waals surface area (Å²) in [6.07, 6.45) is 0. The molecule has 2 rings (SSSR count). The van der Waals surface area contributed by atoms with Crippen molar-refractivity contribution in [2.75, 3.05) is 0 Å². The Kier molecular flexibility index (Phi) is 3.20. The summed E-state index contributed by atoms with van der Waals surface area (Å²) in [6.45, 7) is 1.95. The molecule has 0 radical (unpaired) electrons. The van der Waals surface area contributed by atoms with E-state index in [0.717, 1.165) is 15.6 Å². The van der Waals surface area contributed by atoms with E-state index in [-0.39, 0.29) is 5.78 Å². The van der Waals surface area contributed by atoms with Gasteiger partial charge in [-0.3, -0.25) is 4.79 Å². The minimum Gasteiger partial charge on any atom is -0.289 e. The van der Waals surface area contributed by atoms with Gasteiger partial charge in [0.1, 0.15) is 0 Å². The summed E-state index contributed by atoms with van der Waals surface area (Å²) >= 11 is 3.37. The van der Waals surface area contributed by atoms with Gasteiger partial charge >= 0.3 is 0 Å². The Morgan fingerprint density at radius 3 is 2.50 bits per heavy atom. The molecule has 2 aromatic rings. The molecule has 0 heterocycles. The number of carbonyl (C=O) groups is 1. The zero-order chi connectivity index (χ0) is 11.5. The first-order valence-electron chi connectivity index (χ1n) is 5.04. The van der Waals surface area contributed by atoms with Crippen LogP contribution in [0.25, 0.3) is 0 Å². The fraction of sp³-hybridized carbons (Fsp3) is 0.0714. The van der Waals surface area contributed by atoms with E-state index < -0.39 is 0 Å². The summed E-state index contributed by atoms with van der Waals surface area (Å²) < 4.78 is 0.923. The first kappa shape index (κ1) is 11.1. The van der Waals surface area contributed by atoms with Gasteiger partial charge in [-0.1, -0.05) is 52.3 Å². The third-order valence-electron chi connectivity index (χ3n) is 2.48. The quantitative estimate of drug-likeness (QED) is 0.757. The maximum absolute atomic E-state index is 12.2. The Morgan fingerprint density at radius 2 is 1.81 bits per heavy atom. The van der Waals surface area contributed by atoms with Crippen LogP contribution >= 0.6 is 15.9 Å². The van der Waals surface area contributed by atoms with E-state index in [4.69, 9.17) is 0 Å². The van der Waals surface area contributed by atoms with Crippen molar-refractivity contribution in [2.24, 2.45) is 0 Å². The van der Waals surface area contributed by atoms with Gasteiger partial charge in [-0.25, -0.2) is 0 Å². The lowest BCUT2D eigenvalue weighted by molar-refractivity contribution is 0.103. The zero-order valence-corrected chi connectivity index (χ0v) is 10.5. The Labute approximate surface area is 103 Å². The molecule has 0 fully saturated rings. The topological polar surface area (TPSA) is 17.1 Å². The molecule has 0 aromatic heterocycles. The molecule has 0 atom stereocenters. The van der Waals surface area contributed by atoms with E-state index in [9.17, 15) is 4.79 Å². The van der Waals surface area contributed by atoms with Crippen LogP contribution in [0.4, 0.5) is 0 Å². The number of aryl methyl sites for hydroxylation is 1. The Balaban J connectivity index is 2.44. The summed E-state index contributed by atoms with van der Waals surface area (Å²) in [7, 11) is 0. The van der Waals surface area contributed by atoms with Gasteiger partial charge in [-0.15, -0.1) is 0 Å². The van der Waals surface area contributed by atoms with Crippen molar-refractivity contribution >= 4 is 21.7 Å². The standard InChI is InChI=1S/C14H11BrO/c1-10-5-2-3-8-13(10)14(16)11-6-4-7-12(15)9-11/h2-9H,1H3. The molecule has 0 saturated carbocycles. The fourth-order valence-corrected chi connectivity index (χ4v) is 2.01. The Bertz CT molecular complexity index is 532. The number of rotatable bonds is 2. The van der Waals surface area contributed by atoms with Crippen molar-refractivity contribution in [3.8, 4) is 0 Å². The molecule has 1 nitrogen and oxygen atoms in total. The molecule has 0 aliphatic heterocycles. The summed E-state index contributed by atoms with van der Waals surface area (Å²) in [5, 5.41) is 0. The predicted molar refractivity (Wildman–Crippen MR) is 68.8 cm³/mol. The van der Waals surface area contributed by atoms with E-state index in [1.54, 1.807) is 0 Å². The number of hydrogen-bond acceptors (Lipinski definition) is 1. The van der Waals surface area contributed by atoms with Crippen molar-refractivity contribution < 1.29 is 4.79 Å². The van der Waals surface area contributed by atoms with Gasteiger partial charge in [0, 0.05) is 15.6 Å². The normalized spacial score (nSPS) is 10.1. The molecule has 2 aromatic carbocycles. The van der Waals surface area contributed by atoms with Crippen LogP contribution in [-0.2, 0) is 0 Å². The first-order valence-corrected chi connectivity index (χ1v) is 5.83. The van der Waals surface area contributed by atoms with Crippen LogP contribution in [0.2, 0.25) is 0 Å². The van der Waals surface area contributed by atoms with E-state index in [2.05, 4.69) is 15.9 Å². The van der Waals surface area contributed by atoms with Crippen LogP contribution < -0.4 is 0 Å². The van der Waals surface area contributed by atoms with Crippen LogP contribution in [0.5, 0.6) is 0 Å². The number of halogens is 1. The lowest BCUT2D eigenvalue weighted by atomic mass is 9.99. The second-order valence-corrected chi connectivity index (χ2v) is 4.57. The van der Waals surface area contributed by atoms with Gasteiger partial charge < -0.3 is 0 Å². The largest absolute Gasteiger partial charge is 0.289 e. The molecule has 0 N–H and O–H groups in total. The SMILES string of the molecule is Cc1ccccc1C(=O)c1cccc(Br)c1. The highest BCUT2D eigenvalue weighted by atomic mass is 79.9. The third-order valence-corrected chi connectivity index (χ3v) is 2.97. The van der Waals surface area contributed by atoms with Crippen LogP contribution in [0.15, 0.2) is 53.0 Å². The zero-order valence-electron chi connectivity index (χ0n) is 8.91. The molecule has 0 spiro atoms. The van der Waals surface area contributed by atoms with Gasteiger partial charge in [-0.2, -0.15) is 0 Å². The van der Waals surface area contributed by atoms with Crippen molar-refractivity contribution in [3.05, 3.63) is 69.7 Å². The molecular weight excluding hydrogens is 264 g/mol. The number of ketones is 1. The number of carbonyl (C=O) groups excluding carboxylic acids is 1. The van der Waals surface area contributed by atoms with Gasteiger partial charge in [0.15, 0.2) is 5.78 Å². The van der Waals surface area contributed by atoms with Crippen molar-refractivity contribution in [3.63, 3.8) is 0 Å². The van der Waals surface area contributed by atoms with E-state index in [1.165, 1.54) is 0 Å². The monoisotopic (exact) mass is 274 g/mol. The molecule has 0 aliphatic rings. The summed E-state index contributed by atoms with van der Waals surface area (Å²) in [6, 6.07) is 15.1. The molecule has 0 saturated heterocycles. The number of hydrogen-bond donors (Lipinski definition) is 0. The average molecular weight is 275 g/mol. The smallest absolute Gasteiger partial charge is 0.193 e. The predicted octanol–water partition coefficient (Wildman–Crippen LogP) is 3.99. The average Bonchev–Trinajstić information content (AvgIpc) is 2.29. The van der Waals surface area contributed by atoms with E-state index in [0.29, 0.717) is 5.56 Å². The lowest BCUT2D eigenvalue weighted by Gasteiger charge is -2.04. The molecule has 0 unspecified atom stereocenters. The van der Waals surface area contributed by atoms with Gasteiger partial charge in [0.05, 0.1) is 0 Å². The second kappa shape index (κ2) is 4.62. The number of benzene rings is 2. The Hall–Kier alpha value is -1.41.